The van der Waals surface area contributed by atoms with Gasteiger partial charge in [0.25, 0.3) is 5.91 Å². The zero-order valence-electron chi connectivity index (χ0n) is 13.0. The van der Waals surface area contributed by atoms with Crippen LogP contribution in [0.4, 0.5) is 4.39 Å². The van der Waals surface area contributed by atoms with Crippen molar-refractivity contribution in [1.29, 1.82) is 0 Å². The molecule has 1 aromatic rings. The zero-order chi connectivity index (χ0) is 16.9. The third kappa shape index (κ3) is 4.09. The second kappa shape index (κ2) is 7.63. The Morgan fingerprint density at radius 1 is 1.27 bits per heavy atom. The van der Waals surface area contributed by atoms with Crippen molar-refractivity contribution in [3.8, 4) is 11.5 Å². The standard InChI is InChI=1S/C15H20FNO5/c1-8(2)7-10(15(19)20)17-14(18)12-9(16)5-6-11(21-3)13(12)22-4/h5-6,8,10H,7H2,1-4H3,(H,17,18)(H,19,20)/t10-/m1/s1. The highest BCUT2D eigenvalue weighted by Crippen LogP contribution is 2.32. The molecular formula is C15H20FNO5. The second-order valence-electron chi connectivity index (χ2n) is 5.15. The number of nitrogens with one attached hydrogen (secondary N) is 1. The second-order valence-corrected chi connectivity index (χ2v) is 5.15. The topological polar surface area (TPSA) is 84.9 Å². The molecule has 0 unspecified atom stereocenters. The van der Waals surface area contributed by atoms with Crippen LogP contribution in [0.25, 0.3) is 0 Å². The fourth-order valence-corrected chi connectivity index (χ4v) is 2.04. The summed E-state index contributed by atoms with van der Waals surface area (Å²) in [5, 5.41) is 11.5. The minimum atomic E-state index is -1.18. The van der Waals surface area contributed by atoms with Crippen molar-refractivity contribution in [3.63, 3.8) is 0 Å². The maximum Gasteiger partial charge on any atom is 0.326 e. The van der Waals surface area contributed by atoms with Crippen LogP contribution in [0.1, 0.15) is 30.6 Å². The lowest BCUT2D eigenvalue weighted by Gasteiger charge is -2.18. The largest absolute Gasteiger partial charge is 0.493 e. The molecule has 0 radical (unpaired) electrons. The molecule has 0 saturated heterocycles. The Morgan fingerprint density at radius 2 is 1.91 bits per heavy atom. The van der Waals surface area contributed by atoms with E-state index in [0.29, 0.717) is 0 Å². The van der Waals surface area contributed by atoms with E-state index in [4.69, 9.17) is 14.6 Å². The number of rotatable bonds is 7. The van der Waals surface area contributed by atoms with Crippen LogP contribution in [0.15, 0.2) is 12.1 Å². The number of methoxy groups -OCH3 is 2. The molecule has 1 amide bonds. The quantitative estimate of drug-likeness (QED) is 0.805. The highest BCUT2D eigenvalue weighted by Gasteiger charge is 2.27. The molecule has 122 valence electrons. The van der Waals surface area contributed by atoms with Gasteiger partial charge in [0.05, 0.1) is 14.2 Å². The lowest BCUT2D eigenvalue weighted by molar-refractivity contribution is -0.139. The van der Waals surface area contributed by atoms with Gasteiger partial charge >= 0.3 is 5.97 Å². The van der Waals surface area contributed by atoms with Gasteiger partial charge in [0, 0.05) is 0 Å². The van der Waals surface area contributed by atoms with Crippen LogP contribution in [0.5, 0.6) is 11.5 Å². The average molecular weight is 313 g/mol. The summed E-state index contributed by atoms with van der Waals surface area (Å²) in [6, 6.07) is 1.28. The van der Waals surface area contributed by atoms with E-state index in [-0.39, 0.29) is 29.4 Å². The summed E-state index contributed by atoms with van der Waals surface area (Å²) in [6.07, 6.45) is 0.231. The molecule has 0 bridgehead atoms. The molecule has 0 saturated carbocycles. The Morgan fingerprint density at radius 3 is 2.36 bits per heavy atom. The molecule has 1 atom stereocenters. The number of hydrogen-bond donors (Lipinski definition) is 2. The molecule has 1 rings (SSSR count). The molecule has 0 spiro atoms. The number of amides is 1. The zero-order valence-corrected chi connectivity index (χ0v) is 13.0. The first kappa shape index (κ1) is 17.7. The van der Waals surface area contributed by atoms with Crippen molar-refractivity contribution in [3.05, 3.63) is 23.5 Å². The Hall–Kier alpha value is -2.31. The van der Waals surface area contributed by atoms with Gasteiger partial charge in [-0.2, -0.15) is 0 Å². The van der Waals surface area contributed by atoms with Gasteiger partial charge in [0.15, 0.2) is 11.5 Å². The summed E-state index contributed by atoms with van der Waals surface area (Å²) in [7, 11) is 2.63. The van der Waals surface area contributed by atoms with E-state index in [1.54, 1.807) is 0 Å². The number of hydrogen-bond acceptors (Lipinski definition) is 4. The van der Waals surface area contributed by atoms with Crippen LogP contribution in [0.3, 0.4) is 0 Å². The third-order valence-electron chi connectivity index (χ3n) is 3.03. The smallest absolute Gasteiger partial charge is 0.326 e. The van der Waals surface area contributed by atoms with Gasteiger partial charge in [-0.1, -0.05) is 13.8 Å². The number of halogens is 1. The normalized spacial score (nSPS) is 11.9. The fourth-order valence-electron chi connectivity index (χ4n) is 2.04. The molecule has 0 aliphatic heterocycles. The number of ether oxygens (including phenoxy) is 2. The predicted molar refractivity (Wildman–Crippen MR) is 77.8 cm³/mol. The van der Waals surface area contributed by atoms with E-state index < -0.39 is 23.7 Å². The molecular weight excluding hydrogens is 293 g/mol. The van der Waals surface area contributed by atoms with Crippen molar-refractivity contribution < 1.29 is 28.6 Å². The molecule has 22 heavy (non-hydrogen) atoms. The van der Waals surface area contributed by atoms with Crippen LogP contribution >= 0.6 is 0 Å². The van der Waals surface area contributed by atoms with E-state index in [0.717, 1.165) is 6.07 Å². The fraction of sp³-hybridized carbons (Fsp3) is 0.467. The number of carboxylic acid groups (broad SMARTS) is 1. The number of aliphatic carboxylic acids is 1. The summed E-state index contributed by atoms with van der Waals surface area (Å²) in [5.74, 6) is -2.69. The van der Waals surface area contributed by atoms with E-state index in [1.165, 1.54) is 20.3 Å². The summed E-state index contributed by atoms with van der Waals surface area (Å²) in [6.45, 7) is 3.66. The third-order valence-corrected chi connectivity index (χ3v) is 3.03. The highest BCUT2D eigenvalue weighted by atomic mass is 19.1. The van der Waals surface area contributed by atoms with Crippen LogP contribution in [-0.4, -0.2) is 37.2 Å². The van der Waals surface area contributed by atoms with Crippen LogP contribution in [0, 0.1) is 11.7 Å². The van der Waals surface area contributed by atoms with E-state index in [2.05, 4.69) is 5.32 Å². The van der Waals surface area contributed by atoms with Gasteiger partial charge < -0.3 is 19.9 Å². The summed E-state index contributed by atoms with van der Waals surface area (Å²) in [5.41, 5.74) is -0.378. The summed E-state index contributed by atoms with van der Waals surface area (Å²) in [4.78, 5) is 23.5. The Bertz CT molecular complexity index is 559. The first-order valence-corrected chi connectivity index (χ1v) is 6.75. The number of benzene rings is 1. The maximum atomic E-state index is 14.0. The first-order valence-electron chi connectivity index (χ1n) is 6.75. The molecule has 0 aliphatic carbocycles. The van der Waals surface area contributed by atoms with Gasteiger partial charge in [0.1, 0.15) is 17.4 Å². The summed E-state index contributed by atoms with van der Waals surface area (Å²) >= 11 is 0. The lowest BCUT2D eigenvalue weighted by Crippen LogP contribution is -2.42. The Balaban J connectivity index is 3.14. The molecule has 6 nitrogen and oxygen atoms in total. The van der Waals surface area contributed by atoms with Crippen molar-refractivity contribution in [2.24, 2.45) is 5.92 Å². The molecule has 7 heteroatoms. The molecule has 0 fully saturated rings. The molecule has 0 aromatic heterocycles. The minimum absolute atomic E-state index is 0.0541. The highest BCUT2D eigenvalue weighted by molar-refractivity contribution is 6.00. The van der Waals surface area contributed by atoms with Gasteiger partial charge in [-0.25, -0.2) is 9.18 Å². The van der Waals surface area contributed by atoms with Crippen molar-refractivity contribution in [2.75, 3.05) is 14.2 Å². The number of carbonyl (C=O) groups excluding carboxylic acids is 1. The molecule has 2 N–H and O–H groups in total. The van der Waals surface area contributed by atoms with Gasteiger partial charge in [-0.3, -0.25) is 4.79 Å². The molecule has 0 heterocycles. The number of carbonyl (C=O) groups is 2. The lowest BCUT2D eigenvalue weighted by atomic mass is 10.0. The van der Waals surface area contributed by atoms with E-state index in [1.807, 2.05) is 13.8 Å². The predicted octanol–water partition coefficient (Wildman–Crippen LogP) is 2.07. The van der Waals surface area contributed by atoms with Crippen molar-refractivity contribution in [1.82, 2.24) is 5.32 Å². The number of carboxylic acids is 1. The SMILES string of the molecule is COc1ccc(F)c(C(=O)N[C@H](CC(C)C)C(=O)O)c1OC. The summed E-state index contributed by atoms with van der Waals surface area (Å²) < 4.78 is 24.0. The Kier molecular flexibility index (Phi) is 6.15. The van der Waals surface area contributed by atoms with E-state index in [9.17, 15) is 14.0 Å². The Labute approximate surface area is 128 Å². The monoisotopic (exact) mass is 313 g/mol. The van der Waals surface area contributed by atoms with Gasteiger partial charge in [0.2, 0.25) is 0 Å². The van der Waals surface area contributed by atoms with Crippen LogP contribution in [-0.2, 0) is 4.79 Å². The van der Waals surface area contributed by atoms with Gasteiger partial charge in [-0.15, -0.1) is 0 Å². The molecule has 1 aromatic carbocycles. The van der Waals surface area contributed by atoms with Crippen molar-refractivity contribution in [2.45, 2.75) is 26.3 Å². The molecule has 0 aliphatic rings. The minimum Gasteiger partial charge on any atom is -0.493 e. The van der Waals surface area contributed by atoms with Gasteiger partial charge in [-0.05, 0) is 24.5 Å². The van der Waals surface area contributed by atoms with E-state index >= 15 is 0 Å². The van der Waals surface area contributed by atoms with Crippen LogP contribution < -0.4 is 14.8 Å². The van der Waals surface area contributed by atoms with Crippen molar-refractivity contribution >= 4 is 11.9 Å². The first-order chi connectivity index (χ1) is 10.3. The average Bonchev–Trinajstić information content (AvgIpc) is 2.45. The maximum absolute atomic E-state index is 14.0. The van der Waals surface area contributed by atoms with Crippen LogP contribution in [0.2, 0.25) is 0 Å².